The number of pyridine rings is 1. The topological polar surface area (TPSA) is 58.1 Å². The van der Waals surface area contributed by atoms with Crippen LogP contribution >= 0.6 is 0 Å². The van der Waals surface area contributed by atoms with E-state index >= 15 is 0 Å². The number of anilines is 1. The summed E-state index contributed by atoms with van der Waals surface area (Å²) in [5.74, 6) is 2.69. The molecule has 0 radical (unpaired) electrons. The minimum absolute atomic E-state index is 0.0770. The first-order valence-electron chi connectivity index (χ1n) is 10.4. The van der Waals surface area contributed by atoms with Gasteiger partial charge in [0.15, 0.2) is 11.5 Å². The molecule has 7 nitrogen and oxygen atoms in total. The summed E-state index contributed by atoms with van der Waals surface area (Å²) in [4.78, 5) is 24.0. The Morgan fingerprint density at radius 1 is 0.931 bits per heavy atom. The Bertz CT molecular complexity index is 872. The fourth-order valence-corrected chi connectivity index (χ4v) is 4.24. The molecule has 3 aliphatic heterocycles. The smallest absolute Gasteiger partial charge is 0.255 e. The van der Waals surface area contributed by atoms with Crippen molar-refractivity contribution < 1.29 is 14.3 Å². The van der Waals surface area contributed by atoms with Crippen LogP contribution in [0.15, 0.2) is 36.5 Å². The molecule has 2 saturated heterocycles. The summed E-state index contributed by atoms with van der Waals surface area (Å²) >= 11 is 0. The van der Waals surface area contributed by atoms with Crippen molar-refractivity contribution in [2.45, 2.75) is 19.4 Å². The van der Waals surface area contributed by atoms with Gasteiger partial charge in [0.25, 0.3) is 5.91 Å². The van der Waals surface area contributed by atoms with E-state index in [-0.39, 0.29) is 5.91 Å². The van der Waals surface area contributed by atoms with E-state index in [1.54, 1.807) is 6.20 Å². The van der Waals surface area contributed by atoms with Crippen LogP contribution in [0, 0.1) is 0 Å². The maximum atomic E-state index is 12.8. The molecule has 2 aromatic rings. The molecule has 0 bridgehead atoms. The Morgan fingerprint density at radius 3 is 2.48 bits per heavy atom. The lowest BCUT2D eigenvalue weighted by Gasteiger charge is -2.34. The van der Waals surface area contributed by atoms with Gasteiger partial charge in [-0.3, -0.25) is 9.69 Å². The number of benzene rings is 1. The Balaban J connectivity index is 1.15. The van der Waals surface area contributed by atoms with Gasteiger partial charge in [0.2, 0.25) is 6.79 Å². The molecule has 3 aliphatic rings. The third-order valence-corrected chi connectivity index (χ3v) is 5.93. The van der Waals surface area contributed by atoms with E-state index < -0.39 is 0 Å². The van der Waals surface area contributed by atoms with Gasteiger partial charge in [-0.25, -0.2) is 4.98 Å². The van der Waals surface area contributed by atoms with Crippen LogP contribution in [0.25, 0.3) is 0 Å². The first-order chi connectivity index (χ1) is 14.3. The van der Waals surface area contributed by atoms with Gasteiger partial charge in [-0.1, -0.05) is 6.07 Å². The van der Waals surface area contributed by atoms with Gasteiger partial charge in [0, 0.05) is 52.0 Å². The molecule has 1 aromatic carbocycles. The van der Waals surface area contributed by atoms with E-state index in [4.69, 9.17) is 9.47 Å². The van der Waals surface area contributed by atoms with Crippen LogP contribution in [-0.2, 0) is 6.54 Å². The van der Waals surface area contributed by atoms with Crippen LogP contribution in [-0.4, -0.2) is 66.8 Å². The number of nitrogens with zero attached hydrogens (tertiary/aromatic N) is 4. The summed E-state index contributed by atoms with van der Waals surface area (Å²) < 4.78 is 10.8. The van der Waals surface area contributed by atoms with Crippen LogP contribution in [0.1, 0.15) is 28.8 Å². The molecular formula is C22H26N4O3. The van der Waals surface area contributed by atoms with Gasteiger partial charge in [-0.05, 0) is 42.7 Å². The first kappa shape index (κ1) is 18.2. The van der Waals surface area contributed by atoms with Crippen molar-refractivity contribution in [3.8, 4) is 11.5 Å². The number of ether oxygens (including phenoxy) is 2. The third kappa shape index (κ3) is 3.87. The number of aromatic nitrogens is 1. The molecule has 1 aromatic heterocycles. The van der Waals surface area contributed by atoms with Crippen molar-refractivity contribution in [2.24, 2.45) is 0 Å². The predicted molar refractivity (Wildman–Crippen MR) is 109 cm³/mol. The molecule has 0 unspecified atom stereocenters. The maximum Gasteiger partial charge on any atom is 0.255 e. The number of carbonyl (C=O) groups excluding carboxylic acids is 1. The average Bonchev–Trinajstić information content (AvgIpc) is 3.46. The SMILES string of the molecule is O=C(c1ccc(N2CCCC2)nc1)N1CCN(Cc2ccc3c(c2)OCO3)CC1. The first-order valence-corrected chi connectivity index (χ1v) is 10.4. The molecule has 0 saturated carbocycles. The second kappa shape index (κ2) is 7.91. The fourth-order valence-electron chi connectivity index (χ4n) is 4.24. The Hall–Kier alpha value is -2.80. The highest BCUT2D eigenvalue weighted by atomic mass is 16.7. The molecule has 0 spiro atoms. The molecule has 0 aliphatic carbocycles. The zero-order valence-corrected chi connectivity index (χ0v) is 16.5. The molecule has 29 heavy (non-hydrogen) atoms. The van der Waals surface area contributed by atoms with Gasteiger partial charge in [-0.15, -0.1) is 0 Å². The molecule has 2 fully saturated rings. The van der Waals surface area contributed by atoms with Crippen molar-refractivity contribution in [1.29, 1.82) is 0 Å². The zero-order valence-electron chi connectivity index (χ0n) is 16.5. The lowest BCUT2D eigenvalue weighted by atomic mass is 10.1. The predicted octanol–water partition coefficient (Wildman–Crippen LogP) is 2.37. The number of hydrogen-bond acceptors (Lipinski definition) is 6. The van der Waals surface area contributed by atoms with Gasteiger partial charge in [-0.2, -0.15) is 0 Å². The minimum atomic E-state index is 0.0770. The Morgan fingerprint density at radius 2 is 1.72 bits per heavy atom. The molecule has 4 heterocycles. The van der Waals surface area contributed by atoms with E-state index in [0.717, 1.165) is 63.1 Å². The van der Waals surface area contributed by atoms with E-state index in [1.807, 2.05) is 29.2 Å². The lowest BCUT2D eigenvalue weighted by molar-refractivity contribution is 0.0628. The highest BCUT2D eigenvalue weighted by Crippen LogP contribution is 2.32. The van der Waals surface area contributed by atoms with Crippen molar-refractivity contribution in [3.05, 3.63) is 47.7 Å². The molecule has 7 heteroatoms. The Labute approximate surface area is 170 Å². The third-order valence-electron chi connectivity index (χ3n) is 5.93. The molecule has 5 rings (SSSR count). The van der Waals surface area contributed by atoms with Crippen LogP contribution < -0.4 is 14.4 Å². The highest BCUT2D eigenvalue weighted by Gasteiger charge is 2.23. The summed E-state index contributed by atoms with van der Waals surface area (Å²) in [6.45, 7) is 6.46. The lowest BCUT2D eigenvalue weighted by Crippen LogP contribution is -2.48. The summed E-state index contributed by atoms with van der Waals surface area (Å²) in [6, 6.07) is 10.00. The maximum absolute atomic E-state index is 12.8. The van der Waals surface area contributed by atoms with Gasteiger partial charge >= 0.3 is 0 Å². The molecular weight excluding hydrogens is 368 g/mol. The van der Waals surface area contributed by atoms with E-state index in [9.17, 15) is 4.79 Å². The quantitative estimate of drug-likeness (QED) is 0.794. The average molecular weight is 394 g/mol. The monoisotopic (exact) mass is 394 g/mol. The second-order valence-electron chi connectivity index (χ2n) is 7.86. The zero-order chi connectivity index (χ0) is 19.6. The molecule has 152 valence electrons. The molecule has 1 amide bonds. The Kier molecular flexibility index (Phi) is 4.97. The second-order valence-corrected chi connectivity index (χ2v) is 7.86. The minimum Gasteiger partial charge on any atom is -0.454 e. The standard InChI is InChI=1S/C22H26N4O3/c27-22(18-4-6-21(23-14-18)25-7-1-2-8-25)26-11-9-24(10-12-26)15-17-3-5-19-20(13-17)29-16-28-19/h3-6,13-14H,1-2,7-12,15-16H2. The number of rotatable bonds is 4. The summed E-state index contributed by atoms with van der Waals surface area (Å²) in [5, 5.41) is 0. The van der Waals surface area contributed by atoms with E-state index in [2.05, 4.69) is 20.9 Å². The molecule has 0 N–H and O–H groups in total. The number of amides is 1. The van der Waals surface area contributed by atoms with Crippen molar-refractivity contribution >= 4 is 11.7 Å². The normalized spacial score (nSPS) is 19.0. The summed E-state index contributed by atoms with van der Waals surface area (Å²) in [7, 11) is 0. The van der Waals surface area contributed by atoms with Crippen LogP contribution in [0.3, 0.4) is 0 Å². The largest absolute Gasteiger partial charge is 0.454 e. The number of fused-ring (bicyclic) bond motifs is 1. The number of piperazine rings is 1. The van der Waals surface area contributed by atoms with Crippen LogP contribution in [0.2, 0.25) is 0 Å². The van der Waals surface area contributed by atoms with Crippen molar-refractivity contribution in [1.82, 2.24) is 14.8 Å². The highest BCUT2D eigenvalue weighted by molar-refractivity contribution is 5.94. The van der Waals surface area contributed by atoms with Gasteiger partial charge in [0.1, 0.15) is 5.82 Å². The van der Waals surface area contributed by atoms with E-state index in [0.29, 0.717) is 12.4 Å². The summed E-state index contributed by atoms with van der Waals surface area (Å²) in [6.07, 6.45) is 4.17. The molecule has 0 atom stereocenters. The number of hydrogen-bond donors (Lipinski definition) is 0. The summed E-state index contributed by atoms with van der Waals surface area (Å²) in [5.41, 5.74) is 1.88. The fraction of sp³-hybridized carbons (Fsp3) is 0.455. The van der Waals surface area contributed by atoms with Crippen LogP contribution in [0.4, 0.5) is 5.82 Å². The van der Waals surface area contributed by atoms with Gasteiger partial charge in [0.05, 0.1) is 5.56 Å². The van der Waals surface area contributed by atoms with Crippen molar-refractivity contribution in [2.75, 3.05) is 51.0 Å². The van der Waals surface area contributed by atoms with E-state index in [1.165, 1.54) is 18.4 Å². The van der Waals surface area contributed by atoms with Gasteiger partial charge < -0.3 is 19.3 Å². The van der Waals surface area contributed by atoms with Crippen molar-refractivity contribution in [3.63, 3.8) is 0 Å². The number of carbonyl (C=O) groups is 1. The van der Waals surface area contributed by atoms with Crippen LogP contribution in [0.5, 0.6) is 11.5 Å².